The Balaban J connectivity index is 1.55. The molecule has 2 aromatic carbocycles. The van der Waals surface area contributed by atoms with Crippen LogP contribution in [0.4, 0.5) is 5.69 Å². The average Bonchev–Trinajstić information content (AvgIpc) is 3.40. The van der Waals surface area contributed by atoms with E-state index in [2.05, 4.69) is 40.6 Å². The third kappa shape index (κ3) is 5.23. The first-order chi connectivity index (χ1) is 15.4. The highest BCUT2D eigenvalue weighted by Crippen LogP contribution is 2.27. The van der Waals surface area contributed by atoms with Gasteiger partial charge in [0.1, 0.15) is 5.82 Å². The van der Waals surface area contributed by atoms with Crippen molar-refractivity contribution in [2.75, 3.05) is 11.1 Å². The van der Waals surface area contributed by atoms with Crippen molar-refractivity contribution in [2.24, 2.45) is 0 Å². The van der Waals surface area contributed by atoms with Crippen molar-refractivity contribution in [3.05, 3.63) is 86.3 Å². The maximum atomic E-state index is 12.7. The molecule has 0 saturated carbocycles. The van der Waals surface area contributed by atoms with Crippen LogP contribution in [0.1, 0.15) is 27.4 Å². The summed E-state index contributed by atoms with van der Waals surface area (Å²) in [6, 6.07) is 15.8. The summed E-state index contributed by atoms with van der Waals surface area (Å²) < 4.78 is 2.00. The van der Waals surface area contributed by atoms with Gasteiger partial charge in [-0.2, -0.15) is 0 Å². The lowest BCUT2D eigenvalue weighted by Gasteiger charge is -2.13. The number of benzene rings is 2. The molecule has 0 radical (unpaired) electrons. The number of halogens is 1. The number of hydrogen-bond donors (Lipinski definition) is 1. The van der Waals surface area contributed by atoms with Crippen molar-refractivity contribution in [1.29, 1.82) is 0 Å². The van der Waals surface area contributed by atoms with Crippen molar-refractivity contribution in [1.82, 2.24) is 14.8 Å². The standard InChI is InChI=1S/C24H23ClN4OS2/c1-15-11-16(2)23(17(3)12-15)26-22(30)14-32-24-28-27-21(13-20-5-4-10-31-20)29(24)19-8-6-18(25)7-9-19/h4-12H,13-14H2,1-3H3,(H,26,30). The predicted octanol–water partition coefficient (Wildman–Crippen LogP) is 6.23. The maximum Gasteiger partial charge on any atom is 0.234 e. The maximum absolute atomic E-state index is 12.7. The highest BCUT2D eigenvalue weighted by Gasteiger charge is 2.17. The highest BCUT2D eigenvalue weighted by atomic mass is 35.5. The molecule has 164 valence electrons. The van der Waals surface area contributed by atoms with Gasteiger partial charge in [0.05, 0.1) is 5.75 Å². The lowest BCUT2D eigenvalue weighted by atomic mass is 10.1. The van der Waals surface area contributed by atoms with Gasteiger partial charge in [-0.25, -0.2) is 0 Å². The third-order valence-electron chi connectivity index (χ3n) is 4.97. The zero-order valence-electron chi connectivity index (χ0n) is 18.1. The normalized spacial score (nSPS) is 11.0. The number of nitrogens with one attached hydrogen (secondary N) is 1. The minimum atomic E-state index is -0.0736. The third-order valence-corrected chi connectivity index (χ3v) is 7.03. The van der Waals surface area contributed by atoms with Crippen LogP contribution in [0.3, 0.4) is 0 Å². The molecule has 4 rings (SSSR count). The van der Waals surface area contributed by atoms with Gasteiger partial charge in [-0.1, -0.05) is 47.1 Å². The van der Waals surface area contributed by atoms with Gasteiger partial charge < -0.3 is 5.32 Å². The molecule has 1 N–H and O–H groups in total. The van der Waals surface area contributed by atoms with Gasteiger partial charge in [-0.3, -0.25) is 9.36 Å². The van der Waals surface area contributed by atoms with Crippen LogP contribution in [0.15, 0.2) is 59.1 Å². The molecule has 5 nitrogen and oxygen atoms in total. The van der Waals surface area contributed by atoms with Gasteiger partial charge >= 0.3 is 0 Å². The number of amides is 1. The minimum Gasteiger partial charge on any atom is -0.325 e. The quantitative estimate of drug-likeness (QED) is 0.317. The van der Waals surface area contributed by atoms with E-state index in [1.807, 2.05) is 54.1 Å². The van der Waals surface area contributed by atoms with Crippen molar-refractivity contribution >= 4 is 46.3 Å². The highest BCUT2D eigenvalue weighted by molar-refractivity contribution is 7.99. The summed E-state index contributed by atoms with van der Waals surface area (Å²) in [4.78, 5) is 13.9. The van der Waals surface area contributed by atoms with Gasteiger partial charge in [-0.05, 0) is 67.6 Å². The Morgan fingerprint density at radius 2 is 1.81 bits per heavy atom. The fourth-order valence-electron chi connectivity index (χ4n) is 3.61. The molecule has 2 heterocycles. The van der Waals surface area contributed by atoms with Crippen LogP contribution < -0.4 is 5.32 Å². The number of aryl methyl sites for hydroxylation is 3. The number of thioether (sulfide) groups is 1. The number of anilines is 1. The fourth-order valence-corrected chi connectivity index (χ4v) is 5.21. The van der Waals surface area contributed by atoms with E-state index >= 15 is 0 Å². The molecule has 1 amide bonds. The van der Waals surface area contributed by atoms with E-state index in [9.17, 15) is 4.79 Å². The van der Waals surface area contributed by atoms with Crippen LogP contribution in [0.25, 0.3) is 5.69 Å². The molecule has 0 spiro atoms. The predicted molar refractivity (Wildman–Crippen MR) is 134 cm³/mol. The number of nitrogens with zero attached hydrogens (tertiary/aromatic N) is 3. The van der Waals surface area contributed by atoms with Gasteiger partial charge in [0, 0.05) is 27.7 Å². The Morgan fingerprint density at radius 1 is 1.09 bits per heavy atom. The number of carbonyl (C=O) groups excluding carboxylic acids is 1. The van der Waals surface area contributed by atoms with E-state index < -0.39 is 0 Å². The minimum absolute atomic E-state index is 0.0736. The average molecular weight is 483 g/mol. The second-order valence-corrected chi connectivity index (χ2v) is 9.99. The molecule has 0 atom stereocenters. The molecular formula is C24H23ClN4OS2. The van der Waals surface area contributed by atoms with Gasteiger partial charge in [0.15, 0.2) is 5.16 Å². The molecule has 0 fully saturated rings. The molecular weight excluding hydrogens is 460 g/mol. The Morgan fingerprint density at radius 3 is 2.47 bits per heavy atom. The molecule has 0 saturated heterocycles. The van der Waals surface area contributed by atoms with Crippen molar-refractivity contribution in [2.45, 2.75) is 32.3 Å². The summed E-state index contributed by atoms with van der Waals surface area (Å²) in [7, 11) is 0. The number of hydrogen-bond acceptors (Lipinski definition) is 5. The number of aromatic nitrogens is 3. The smallest absolute Gasteiger partial charge is 0.234 e. The van der Waals surface area contributed by atoms with Gasteiger partial charge in [0.2, 0.25) is 5.91 Å². The fraction of sp³-hybridized carbons (Fsp3) is 0.208. The monoisotopic (exact) mass is 482 g/mol. The van der Waals surface area contributed by atoms with Crippen molar-refractivity contribution in [3.8, 4) is 5.69 Å². The van der Waals surface area contributed by atoms with Gasteiger partial charge in [-0.15, -0.1) is 21.5 Å². The molecule has 0 aliphatic rings. The van der Waals surface area contributed by atoms with E-state index in [1.165, 1.54) is 22.2 Å². The second-order valence-electron chi connectivity index (χ2n) is 7.58. The van der Waals surface area contributed by atoms with Crippen LogP contribution in [-0.2, 0) is 11.2 Å². The molecule has 32 heavy (non-hydrogen) atoms. The summed E-state index contributed by atoms with van der Waals surface area (Å²) in [5, 5.41) is 15.3. The molecule has 0 bridgehead atoms. The van der Waals surface area contributed by atoms with Crippen molar-refractivity contribution < 1.29 is 4.79 Å². The summed E-state index contributed by atoms with van der Waals surface area (Å²) in [5.74, 6) is 0.982. The summed E-state index contributed by atoms with van der Waals surface area (Å²) in [6.45, 7) is 6.08. The topological polar surface area (TPSA) is 59.8 Å². The lowest BCUT2D eigenvalue weighted by molar-refractivity contribution is -0.113. The molecule has 4 aromatic rings. The summed E-state index contributed by atoms with van der Waals surface area (Å²) in [5.41, 5.74) is 5.09. The molecule has 8 heteroatoms. The Bertz CT molecular complexity index is 1210. The van der Waals surface area contributed by atoms with E-state index in [0.29, 0.717) is 16.6 Å². The zero-order chi connectivity index (χ0) is 22.7. The number of rotatable bonds is 7. The summed E-state index contributed by atoms with van der Waals surface area (Å²) >= 11 is 9.14. The van der Waals surface area contributed by atoms with Gasteiger partial charge in [0.25, 0.3) is 0 Å². The largest absolute Gasteiger partial charge is 0.325 e. The molecule has 0 aliphatic carbocycles. The first kappa shape index (κ1) is 22.6. The zero-order valence-corrected chi connectivity index (χ0v) is 20.4. The van der Waals surface area contributed by atoms with E-state index in [4.69, 9.17) is 11.6 Å². The Kier molecular flexibility index (Phi) is 6.98. The van der Waals surface area contributed by atoms with E-state index in [-0.39, 0.29) is 11.7 Å². The number of thiophene rings is 1. The van der Waals surface area contributed by atoms with Crippen LogP contribution >= 0.6 is 34.7 Å². The molecule has 2 aromatic heterocycles. The Hall–Kier alpha value is -2.61. The first-order valence-electron chi connectivity index (χ1n) is 10.1. The SMILES string of the molecule is Cc1cc(C)c(NC(=O)CSc2nnc(Cc3cccs3)n2-c2ccc(Cl)cc2)c(C)c1. The van der Waals surface area contributed by atoms with E-state index in [0.717, 1.165) is 28.3 Å². The molecule has 0 aliphatic heterocycles. The lowest BCUT2D eigenvalue weighted by Crippen LogP contribution is -2.16. The summed E-state index contributed by atoms with van der Waals surface area (Å²) in [6.07, 6.45) is 0.668. The van der Waals surface area contributed by atoms with E-state index in [1.54, 1.807) is 11.3 Å². The van der Waals surface area contributed by atoms with Crippen LogP contribution in [-0.4, -0.2) is 26.4 Å². The Labute approximate surface area is 200 Å². The first-order valence-corrected chi connectivity index (χ1v) is 12.4. The second kappa shape index (κ2) is 9.90. The van der Waals surface area contributed by atoms with Crippen LogP contribution in [0, 0.1) is 20.8 Å². The van der Waals surface area contributed by atoms with Crippen LogP contribution in [0.2, 0.25) is 5.02 Å². The van der Waals surface area contributed by atoms with Crippen molar-refractivity contribution in [3.63, 3.8) is 0 Å². The van der Waals surface area contributed by atoms with Crippen LogP contribution in [0.5, 0.6) is 0 Å². The number of carbonyl (C=O) groups is 1. The molecule has 0 unspecified atom stereocenters.